The number of hydrogen-bond acceptors (Lipinski definition) is 4. The average Bonchev–Trinajstić information content (AvgIpc) is 2.47. The van der Waals surface area contributed by atoms with Gasteiger partial charge in [-0.15, -0.1) is 0 Å². The van der Waals surface area contributed by atoms with E-state index in [4.69, 9.17) is 5.11 Å². The largest absolute Gasteiger partial charge is 0.476 e. The quantitative estimate of drug-likeness (QED) is 0.929. The van der Waals surface area contributed by atoms with Crippen LogP contribution in [0.3, 0.4) is 0 Å². The van der Waals surface area contributed by atoms with Crippen molar-refractivity contribution in [3.05, 3.63) is 48.3 Å². The molecule has 21 heavy (non-hydrogen) atoms. The van der Waals surface area contributed by atoms with Gasteiger partial charge in [-0.3, -0.25) is 0 Å². The second kappa shape index (κ2) is 5.63. The van der Waals surface area contributed by atoms with Gasteiger partial charge >= 0.3 is 5.97 Å². The number of carbonyl (C=O) groups is 1. The molecule has 0 fully saturated rings. The number of pyridine rings is 1. The fourth-order valence-corrected chi connectivity index (χ4v) is 2.79. The smallest absolute Gasteiger partial charge is 0.355 e. The number of benzene rings is 1. The van der Waals surface area contributed by atoms with Crippen LogP contribution in [0.5, 0.6) is 0 Å². The van der Waals surface area contributed by atoms with E-state index in [9.17, 15) is 13.2 Å². The Bertz CT molecular complexity index is 785. The summed E-state index contributed by atoms with van der Waals surface area (Å²) in [7, 11) is -0.697. The molecule has 1 N–H and O–H groups in total. The molecule has 0 aliphatic heterocycles. The topological polar surface area (TPSA) is 87.6 Å². The van der Waals surface area contributed by atoms with Crippen LogP contribution in [-0.4, -0.2) is 42.9 Å². The minimum absolute atomic E-state index is 0.102. The Morgan fingerprint density at radius 3 is 2.52 bits per heavy atom. The average molecular weight is 306 g/mol. The van der Waals surface area contributed by atoms with Gasteiger partial charge in [-0.25, -0.2) is 22.5 Å². The zero-order valence-electron chi connectivity index (χ0n) is 11.5. The lowest BCUT2D eigenvalue weighted by molar-refractivity contribution is 0.0691. The Morgan fingerprint density at radius 1 is 1.19 bits per heavy atom. The highest BCUT2D eigenvalue weighted by Crippen LogP contribution is 2.25. The van der Waals surface area contributed by atoms with E-state index in [2.05, 4.69) is 4.98 Å². The first kappa shape index (κ1) is 15.1. The van der Waals surface area contributed by atoms with Crippen LogP contribution in [0, 0.1) is 0 Å². The Balaban J connectivity index is 2.61. The number of aromatic nitrogens is 1. The van der Waals surface area contributed by atoms with Crippen molar-refractivity contribution in [2.75, 3.05) is 14.1 Å². The predicted octanol–water partition coefficient (Wildman–Crippen LogP) is 1.70. The van der Waals surface area contributed by atoms with Gasteiger partial charge in [-0.2, -0.15) is 0 Å². The second-order valence-electron chi connectivity index (χ2n) is 4.52. The van der Waals surface area contributed by atoms with E-state index in [1.807, 2.05) is 0 Å². The molecule has 6 nitrogen and oxygen atoms in total. The van der Waals surface area contributed by atoms with E-state index in [-0.39, 0.29) is 10.6 Å². The first-order valence-corrected chi connectivity index (χ1v) is 7.49. The van der Waals surface area contributed by atoms with E-state index < -0.39 is 16.0 Å². The Labute approximate surface area is 122 Å². The molecule has 0 atom stereocenters. The van der Waals surface area contributed by atoms with Crippen molar-refractivity contribution >= 4 is 16.0 Å². The Kier molecular flexibility index (Phi) is 4.06. The van der Waals surface area contributed by atoms with Crippen molar-refractivity contribution in [1.29, 1.82) is 0 Å². The van der Waals surface area contributed by atoms with Crippen LogP contribution in [0.1, 0.15) is 10.5 Å². The molecule has 2 aromatic rings. The van der Waals surface area contributed by atoms with Crippen LogP contribution < -0.4 is 0 Å². The summed E-state index contributed by atoms with van der Waals surface area (Å²) in [6.45, 7) is 0. The third-order valence-electron chi connectivity index (χ3n) is 2.93. The Hall–Kier alpha value is -2.25. The highest BCUT2D eigenvalue weighted by atomic mass is 32.2. The van der Waals surface area contributed by atoms with E-state index in [1.165, 1.54) is 32.4 Å². The van der Waals surface area contributed by atoms with E-state index in [0.29, 0.717) is 11.1 Å². The van der Waals surface area contributed by atoms with Crippen molar-refractivity contribution < 1.29 is 18.3 Å². The molecule has 0 aliphatic carbocycles. The van der Waals surface area contributed by atoms with E-state index in [1.54, 1.807) is 24.3 Å². The molecule has 7 heteroatoms. The SMILES string of the molecule is CN(C)S(=O)(=O)c1cccc(-c2cccnc2C(=O)O)c1. The van der Waals surface area contributed by atoms with Gasteiger partial charge in [0.2, 0.25) is 10.0 Å². The van der Waals surface area contributed by atoms with Crippen LogP contribution in [0.4, 0.5) is 0 Å². The molecule has 0 saturated carbocycles. The number of rotatable bonds is 4. The summed E-state index contributed by atoms with van der Waals surface area (Å²) in [5.41, 5.74) is 0.751. The zero-order valence-corrected chi connectivity index (χ0v) is 12.3. The molecule has 1 aromatic heterocycles. The van der Waals surface area contributed by atoms with E-state index >= 15 is 0 Å². The number of aromatic carboxylic acids is 1. The zero-order chi connectivity index (χ0) is 15.6. The predicted molar refractivity (Wildman–Crippen MR) is 77.5 cm³/mol. The maximum absolute atomic E-state index is 12.1. The number of sulfonamides is 1. The molecule has 110 valence electrons. The summed E-state index contributed by atoms with van der Waals surface area (Å²) in [4.78, 5) is 15.1. The van der Waals surface area contributed by atoms with Crippen molar-refractivity contribution in [2.45, 2.75) is 4.90 Å². The summed E-state index contributed by atoms with van der Waals surface area (Å²) in [6, 6.07) is 9.34. The van der Waals surface area contributed by atoms with Crippen LogP contribution >= 0.6 is 0 Å². The monoisotopic (exact) mass is 306 g/mol. The summed E-state index contributed by atoms with van der Waals surface area (Å²) in [6.07, 6.45) is 1.38. The first-order chi connectivity index (χ1) is 9.84. The molecule has 0 radical (unpaired) electrons. The number of carboxylic acids is 1. The van der Waals surface area contributed by atoms with Crippen LogP contribution in [0.25, 0.3) is 11.1 Å². The Morgan fingerprint density at radius 2 is 1.90 bits per heavy atom. The molecule has 0 spiro atoms. The highest BCUT2D eigenvalue weighted by molar-refractivity contribution is 7.89. The van der Waals surface area contributed by atoms with Crippen LogP contribution in [0.2, 0.25) is 0 Å². The summed E-state index contributed by atoms with van der Waals surface area (Å²) >= 11 is 0. The molecule has 2 rings (SSSR count). The van der Waals surface area contributed by atoms with Crippen LogP contribution in [-0.2, 0) is 10.0 Å². The lowest BCUT2D eigenvalue weighted by Gasteiger charge is -2.12. The van der Waals surface area contributed by atoms with Crippen molar-refractivity contribution in [2.24, 2.45) is 0 Å². The summed E-state index contributed by atoms with van der Waals surface area (Å²) in [5, 5.41) is 9.16. The van der Waals surface area contributed by atoms with Gasteiger partial charge in [0.1, 0.15) is 0 Å². The lowest BCUT2D eigenvalue weighted by atomic mass is 10.0. The minimum atomic E-state index is -3.57. The van der Waals surface area contributed by atoms with Crippen molar-refractivity contribution in [3.8, 4) is 11.1 Å². The summed E-state index contributed by atoms with van der Waals surface area (Å²) < 4.78 is 25.4. The van der Waals surface area contributed by atoms with Gasteiger partial charge in [-0.05, 0) is 23.8 Å². The molecule has 1 heterocycles. The molecule has 0 amide bonds. The normalized spacial score (nSPS) is 11.6. The summed E-state index contributed by atoms with van der Waals surface area (Å²) in [5.74, 6) is -1.16. The molecule has 0 aliphatic rings. The fourth-order valence-electron chi connectivity index (χ4n) is 1.84. The number of hydrogen-bond donors (Lipinski definition) is 1. The third kappa shape index (κ3) is 2.93. The molecule has 1 aromatic carbocycles. The lowest BCUT2D eigenvalue weighted by Crippen LogP contribution is -2.22. The number of carboxylic acid groups (broad SMARTS) is 1. The maximum atomic E-state index is 12.1. The molecular weight excluding hydrogens is 292 g/mol. The van der Waals surface area contributed by atoms with Crippen molar-refractivity contribution in [3.63, 3.8) is 0 Å². The van der Waals surface area contributed by atoms with Gasteiger partial charge in [0.05, 0.1) is 4.90 Å². The molecular formula is C14H14N2O4S. The maximum Gasteiger partial charge on any atom is 0.355 e. The van der Waals surface area contributed by atoms with Crippen LogP contribution in [0.15, 0.2) is 47.5 Å². The fraction of sp³-hybridized carbons (Fsp3) is 0.143. The molecule has 0 saturated heterocycles. The van der Waals surface area contributed by atoms with Gasteiger partial charge in [0, 0.05) is 25.9 Å². The molecule has 0 bridgehead atoms. The van der Waals surface area contributed by atoms with Crippen molar-refractivity contribution in [1.82, 2.24) is 9.29 Å². The minimum Gasteiger partial charge on any atom is -0.476 e. The highest BCUT2D eigenvalue weighted by Gasteiger charge is 2.19. The van der Waals surface area contributed by atoms with Gasteiger partial charge in [-0.1, -0.05) is 18.2 Å². The van der Waals surface area contributed by atoms with Gasteiger partial charge in [0.15, 0.2) is 5.69 Å². The first-order valence-electron chi connectivity index (χ1n) is 6.05. The van der Waals surface area contributed by atoms with Gasteiger partial charge in [0.25, 0.3) is 0 Å². The van der Waals surface area contributed by atoms with Gasteiger partial charge < -0.3 is 5.11 Å². The molecule has 0 unspecified atom stereocenters. The third-order valence-corrected chi connectivity index (χ3v) is 4.74. The van der Waals surface area contributed by atoms with E-state index in [0.717, 1.165) is 4.31 Å². The standard InChI is InChI=1S/C14H14N2O4S/c1-16(2)21(19,20)11-6-3-5-10(9-11)12-7-4-8-15-13(12)14(17)18/h3-9H,1-2H3,(H,17,18). The second-order valence-corrected chi connectivity index (χ2v) is 6.67. The number of nitrogens with zero attached hydrogens (tertiary/aromatic N) is 2.